The van der Waals surface area contributed by atoms with Gasteiger partial charge in [-0.05, 0) is 24.1 Å². The van der Waals surface area contributed by atoms with Crippen LogP contribution in [-0.2, 0) is 5.41 Å². The van der Waals surface area contributed by atoms with Crippen LogP contribution in [0.15, 0.2) is 42.5 Å². The van der Waals surface area contributed by atoms with E-state index in [9.17, 15) is 5.11 Å². The van der Waals surface area contributed by atoms with Crippen molar-refractivity contribution in [2.24, 2.45) is 0 Å². The molecule has 114 valence electrons. The van der Waals surface area contributed by atoms with Crippen molar-refractivity contribution in [3.05, 3.63) is 59.2 Å². The minimum absolute atomic E-state index is 0.0686. The Kier molecular flexibility index (Phi) is 2.95. The van der Waals surface area contributed by atoms with Crippen LogP contribution in [-0.4, -0.2) is 24.9 Å². The number of ether oxygens (including phenoxy) is 2. The Morgan fingerprint density at radius 3 is 2.68 bits per heavy atom. The van der Waals surface area contributed by atoms with E-state index in [2.05, 4.69) is 19.1 Å². The second kappa shape index (κ2) is 4.75. The zero-order chi connectivity index (χ0) is 15.3. The lowest BCUT2D eigenvalue weighted by molar-refractivity contribution is 0.0975. The van der Waals surface area contributed by atoms with E-state index in [0.29, 0.717) is 13.0 Å². The van der Waals surface area contributed by atoms with Crippen molar-refractivity contribution < 1.29 is 14.6 Å². The lowest BCUT2D eigenvalue weighted by Crippen LogP contribution is -2.39. The Morgan fingerprint density at radius 2 is 1.95 bits per heavy atom. The Hall–Kier alpha value is -2.00. The maximum Gasteiger partial charge on any atom is 0.123 e. The summed E-state index contributed by atoms with van der Waals surface area (Å²) < 4.78 is 11.5. The highest BCUT2D eigenvalue weighted by atomic mass is 16.5. The Bertz CT molecular complexity index is 710. The minimum atomic E-state index is -0.439. The molecule has 0 amide bonds. The van der Waals surface area contributed by atoms with Gasteiger partial charge in [0.05, 0.1) is 19.8 Å². The quantitative estimate of drug-likeness (QED) is 0.924. The average molecular weight is 296 g/mol. The molecule has 22 heavy (non-hydrogen) atoms. The monoisotopic (exact) mass is 296 g/mol. The standard InChI is InChI=1S/C19H20O3/c1-19-10-13(20)16(12-6-4-3-5-7-12)17-14(21-2)8-9-15(18(17)19)22-11-19/h3-9,13,16,20H,10-11H2,1-2H3/t13-,16+,19+/m0/s1. The van der Waals surface area contributed by atoms with Crippen LogP contribution in [0.4, 0.5) is 0 Å². The van der Waals surface area contributed by atoms with Gasteiger partial charge in [0.25, 0.3) is 0 Å². The number of benzene rings is 2. The van der Waals surface area contributed by atoms with Gasteiger partial charge in [-0.3, -0.25) is 0 Å². The first kappa shape index (κ1) is 13.6. The van der Waals surface area contributed by atoms with Crippen LogP contribution in [0.1, 0.15) is 36.0 Å². The molecule has 1 aliphatic carbocycles. The normalized spacial score (nSPS) is 28.9. The highest BCUT2D eigenvalue weighted by Crippen LogP contribution is 2.55. The van der Waals surface area contributed by atoms with Crippen molar-refractivity contribution in [2.45, 2.75) is 30.8 Å². The van der Waals surface area contributed by atoms with Crippen molar-refractivity contribution in [3.8, 4) is 11.5 Å². The van der Waals surface area contributed by atoms with Gasteiger partial charge in [0.15, 0.2) is 0 Å². The van der Waals surface area contributed by atoms with E-state index in [-0.39, 0.29) is 11.3 Å². The first-order valence-electron chi connectivity index (χ1n) is 7.71. The molecule has 2 aliphatic rings. The van der Waals surface area contributed by atoms with E-state index in [1.165, 1.54) is 5.56 Å². The van der Waals surface area contributed by atoms with E-state index in [0.717, 1.165) is 22.6 Å². The predicted octanol–water partition coefficient (Wildman–Crippen LogP) is 3.24. The molecule has 1 heterocycles. The second-order valence-corrected chi connectivity index (χ2v) is 6.56. The fourth-order valence-electron chi connectivity index (χ4n) is 4.10. The van der Waals surface area contributed by atoms with Gasteiger partial charge in [-0.25, -0.2) is 0 Å². The Morgan fingerprint density at radius 1 is 1.18 bits per heavy atom. The first-order chi connectivity index (χ1) is 10.6. The summed E-state index contributed by atoms with van der Waals surface area (Å²) in [7, 11) is 1.69. The Balaban J connectivity index is 1.99. The van der Waals surface area contributed by atoms with Crippen molar-refractivity contribution in [3.63, 3.8) is 0 Å². The lowest BCUT2D eigenvalue weighted by atomic mass is 9.65. The number of hydrogen-bond donors (Lipinski definition) is 1. The number of methoxy groups -OCH3 is 1. The molecule has 0 aromatic heterocycles. The predicted molar refractivity (Wildman–Crippen MR) is 84.7 cm³/mol. The molecule has 0 saturated carbocycles. The number of rotatable bonds is 2. The maximum atomic E-state index is 10.9. The van der Waals surface area contributed by atoms with E-state index in [1.807, 2.05) is 30.3 Å². The third kappa shape index (κ3) is 1.78. The summed E-state index contributed by atoms with van der Waals surface area (Å²) in [4.78, 5) is 0. The molecule has 1 aliphatic heterocycles. The molecule has 0 saturated heterocycles. The van der Waals surface area contributed by atoms with Crippen LogP contribution >= 0.6 is 0 Å². The molecule has 0 radical (unpaired) electrons. The van der Waals surface area contributed by atoms with E-state index < -0.39 is 6.10 Å². The number of aliphatic hydroxyl groups is 1. The molecule has 0 unspecified atom stereocenters. The van der Waals surface area contributed by atoms with Crippen LogP contribution in [0.25, 0.3) is 0 Å². The van der Waals surface area contributed by atoms with Gasteiger partial charge in [0.1, 0.15) is 11.5 Å². The summed E-state index contributed by atoms with van der Waals surface area (Å²) >= 11 is 0. The molecule has 0 spiro atoms. The van der Waals surface area contributed by atoms with Crippen molar-refractivity contribution in [1.29, 1.82) is 0 Å². The molecule has 2 aromatic carbocycles. The fraction of sp³-hybridized carbons (Fsp3) is 0.368. The lowest BCUT2D eigenvalue weighted by Gasteiger charge is -2.39. The molecule has 3 nitrogen and oxygen atoms in total. The minimum Gasteiger partial charge on any atom is -0.496 e. The highest BCUT2D eigenvalue weighted by Gasteiger charge is 2.48. The maximum absolute atomic E-state index is 10.9. The highest BCUT2D eigenvalue weighted by molar-refractivity contribution is 5.60. The van der Waals surface area contributed by atoms with Crippen LogP contribution in [0.2, 0.25) is 0 Å². The summed E-state index contributed by atoms with van der Waals surface area (Å²) in [6.45, 7) is 2.80. The molecule has 0 fully saturated rings. The van der Waals surface area contributed by atoms with Crippen molar-refractivity contribution in [1.82, 2.24) is 0 Å². The van der Waals surface area contributed by atoms with E-state index in [1.54, 1.807) is 7.11 Å². The van der Waals surface area contributed by atoms with Gasteiger partial charge in [-0.1, -0.05) is 37.3 Å². The largest absolute Gasteiger partial charge is 0.496 e. The summed E-state index contributed by atoms with van der Waals surface area (Å²) in [5, 5.41) is 10.9. The molecule has 4 rings (SSSR count). The summed E-state index contributed by atoms with van der Waals surface area (Å²) in [5.41, 5.74) is 3.29. The van der Waals surface area contributed by atoms with Gasteiger partial charge in [0, 0.05) is 22.5 Å². The van der Waals surface area contributed by atoms with Gasteiger partial charge in [-0.15, -0.1) is 0 Å². The zero-order valence-corrected chi connectivity index (χ0v) is 12.9. The molecule has 3 heteroatoms. The topological polar surface area (TPSA) is 38.7 Å². The van der Waals surface area contributed by atoms with Crippen LogP contribution in [0.3, 0.4) is 0 Å². The van der Waals surface area contributed by atoms with Gasteiger partial charge < -0.3 is 14.6 Å². The number of hydrogen-bond acceptors (Lipinski definition) is 3. The van der Waals surface area contributed by atoms with Gasteiger partial charge in [-0.2, -0.15) is 0 Å². The average Bonchev–Trinajstić information content (AvgIpc) is 2.86. The van der Waals surface area contributed by atoms with Crippen LogP contribution in [0.5, 0.6) is 11.5 Å². The Labute approximate surface area is 130 Å². The summed E-state index contributed by atoms with van der Waals surface area (Å²) in [5.74, 6) is 1.70. The smallest absolute Gasteiger partial charge is 0.123 e. The summed E-state index contributed by atoms with van der Waals surface area (Å²) in [6.07, 6.45) is 0.269. The molecule has 1 N–H and O–H groups in total. The zero-order valence-electron chi connectivity index (χ0n) is 12.9. The molecule has 0 bridgehead atoms. The van der Waals surface area contributed by atoms with E-state index >= 15 is 0 Å². The van der Waals surface area contributed by atoms with Crippen molar-refractivity contribution in [2.75, 3.05) is 13.7 Å². The third-order valence-corrected chi connectivity index (χ3v) is 5.05. The summed E-state index contributed by atoms with van der Waals surface area (Å²) in [6, 6.07) is 14.1. The van der Waals surface area contributed by atoms with E-state index in [4.69, 9.17) is 9.47 Å². The van der Waals surface area contributed by atoms with Crippen molar-refractivity contribution >= 4 is 0 Å². The second-order valence-electron chi connectivity index (χ2n) is 6.56. The number of aliphatic hydroxyl groups excluding tert-OH is 1. The molecular formula is C19H20O3. The third-order valence-electron chi connectivity index (χ3n) is 5.05. The first-order valence-corrected chi connectivity index (χ1v) is 7.71. The van der Waals surface area contributed by atoms with Crippen LogP contribution in [0, 0.1) is 0 Å². The van der Waals surface area contributed by atoms with Crippen LogP contribution < -0.4 is 9.47 Å². The van der Waals surface area contributed by atoms with Gasteiger partial charge >= 0.3 is 0 Å². The molecular weight excluding hydrogens is 276 g/mol. The SMILES string of the molecule is COc1ccc2c3c1[C@H](c1ccccc1)[C@@H](O)C[C@]3(C)CO2. The van der Waals surface area contributed by atoms with Gasteiger partial charge in [0.2, 0.25) is 0 Å². The fourth-order valence-corrected chi connectivity index (χ4v) is 4.10. The molecule has 3 atom stereocenters. The molecule has 2 aromatic rings.